The van der Waals surface area contributed by atoms with E-state index in [1.54, 1.807) is 50.0 Å². The highest BCUT2D eigenvalue weighted by molar-refractivity contribution is 7.92. The van der Waals surface area contributed by atoms with Crippen LogP contribution in [0.15, 0.2) is 24.3 Å². The van der Waals surface area contributed by atoms with Crippen molar-refractivity contribution in [3.05, 3.63) is 35.7 Å². The Morgan fingerprint density at radius 2 is 1.79 bits per heavy atom. The summed E-state index contributed by atoms with van der Waals surface area (Å²) in [6, 6.07) is 7.16. The maximum Gasteiger partial charge on any atom is 0.232 e. The van der Waals surface area contributed by atoms with Crippen LogP contribution in [0.5, 0.6) is 11.5 Å². The topological polar surface area (TPSA) is 82.4 Å². The van der Waals surface area contributed by atoms with E-state index in [1.165, 1.54) is 0 Å². The summed E-state index contributed by atoms with van der Waals surface area (Å²) in [6.07, 6.45) is 0.389. The van der Waals surface area contributed by atoms with E-state index < -0.39 is 10.0 Å². The van der Waals surface area contributed by atoms with Crippen LogP contribution in [0.4, 0.5) is 5.69 Å². The van der Waals surface area contributed by atoms with E-state index in [-0.39, 0.29) is 5.75 Å². The maximum absolute atomic E-state index is 12.2. The minimum Gasteiger partial charge on any atom is -0.497 e. The van der Waals surface area contributed by atoms with Gasteiger partial charge in [0.15, 0.2) is 0 Å². The molecule has 24 heavy (non-hydrogen) atoms. The molecule has 0 radical (unpaired) electrons. The summed E-state index contributed by atoms with van der Waals surface area (Å²) in [5.74, 6) is 1.41. The van der Waals surface area contributed by atoms with Crippen molar-refractivity contribution < 1.29 is 17.9 Å². The second-order valence-corrected chi connectivity index (χ2v) is 7.31. The Morgan fingerprint density at radius 3 is 2.33 bits per heavy atom. The van der Waals surface area contributed by atoms with Gasteiger partial charge in [-0.25, -0.2) is 8.42 Å². The molecule has 0 unspecified atom stereocenters. The molecular weight excluding hydrogens is 330 g/mol. The molecule has 0 fully saturated rings. The maximum atomic E-state index is 12.2. The first-order chi connectivity index (χ1) is 11.3. The number of benzene rings is 1. The van der Waals surface area contributed by atoms with E-state index in [0.717, 1.165) is 11.4 Å². The van der Waals surface area contributed by atoms with Gasteiger partial charge < -0.3 is 9.47 Å². The van der Waals surface area contributed by atoms with Crippen LogP contribution >= 0.6 is 0 Å². The third kappa shape index (κ3) is 4.64. The normalized spacial score (nSPS) is 11.3. The molecule has 1 aromatic carbocycles. The first-order valence-corrected chi connectivity index (χ1v) is 9.25. The molecule has 0 aliphatic carbocycles. The Kier molecular flexibility index (Phi) is 5.71. The lowest BCUT2D eigenvalue weighted by Crippen LogP contribution is -2.19. The van der Waals surface area contributed by atoms with Gasteiger partial charge in [-0.15, -0.1) is 0 Å². The van der Waals surface area contributed by atoms with Crippen LogP contribution in [0.1, 0.15) is 17.8 Å². The third-order valence-electron chi connectivity index (χ3n) is 3.65. The zero-order valence-corrected chi connectivity index (χ0v) is 15.2. The summed E-state index contributed by atoms with van der Waals surface area (Å²) in [7, 11) is -0.0575. The van der Waals surface area contributed by atoms with Crippen molar-refractivity contribution in [2.75, 3.05) is 24.2 Å². The second-order valence-electron chi connectivity index (χ2n) is 5.47. The quantitative estimate of drug-likeness (QED) is 0.736. The summed E-state index contributed by atoms with van der Waals surface area (Å²) >= 11 is 0. The number of ether oxygens (including phenoxy) is 2. The third-order valence-corrected chi connectivity index (χ3v) is 4.99. The van der Waals surface area contributed by atoms with E-state index >= 15 is 0 Å². The highest BCUT2D eigenvalue weighted by atomic mass is 32.2. The molecule has 0 saturated heterocycles. The van der Waals surface area contributed by atoms with Crippen LogP contribution < -0.4 is 14.2 Å². The average molecular weight is 353 g/mol. The SMILES string of the molecule is COc1ccc(OCCCS(=O)(=O)Nc2c(C)nn(C)c2C)cc1. The zero-order valence-electron chi connectivity index (χ0n) is 14.4. The fourth-order valence-electron chi connectivity index (χ4n) is 2.24. The molecular formula is C16H23N3O4S. The minimum atomic E-state index is -3.43. The van der Waals surface area contributed by atoms with Gasteiger partial charge in [-0.2, -0.15) is 5.10 Å². The molecule has 1 heterocycles. The molecule has 0 saturated carbocycles. The fraction of sp³-hybridized carbons (Fsp3) is 0.438. The van der Waals surface area contributed by atoms with Crippen molar-refractivity contribution in [2.24, 2.45) is 7.05 Å². The summed E-state index contributed by atoms with van der Waals surface area (Å²) in [5, 5.41) is 4.20. The first kappa shape index (κ1) is 18.1. The van der Waals surface area contributed by atoms with E-state index in [2.05, 4.69) is 9.82 Å². The number of rotatable bonds is 8. The van der Waals surface area contributed by atoms with Gasteiger partial charge in [0.1, 0.15) is 11.5 Å². The number of aromatic nitrogens is 2. The number of hydrogen-bond acceptors (Lipinski definition) is 5. The molecule has 0 aliphatic rings. The Balaban J connectivity index is 1.84. The van der Waals surface area contributed by atoms with Gasteiger partial charge in [-0.1, -0.05) is 0 Å². The van der Waals surface area contributed by atoms with Crippen LogP contribution in [0.25, 0.3) is 0 Å². The Labute approximate surface area is 142 Å². The van der Waals surface area contributed by atoms with Gasteiger partial charge in [0, 0.05) is 7.05 Å². The van der Waals surface area contributed by atoms with Gasteiger partial charge in [-0.3, -0.25) is 9.40 Å². The van der Waals surface area contributed by atoms with E-state index in [9.17, 15) is 8.42 Å². The number of hydrogen-bond donors (Lipinski definition) is 1. The van der Waals surface area contributed by atoms with Gasteiger partial charge >= 0.3 is 0 Å². The van der Waals surface area contributed by atoms with Crippen molar-refractivity contribution in [1.29, 1.82) is 0 Å². The monoisotopic (exact) mass is 353 g/mol. The molecule has 7 nitrogen and oxygen atoms in total. The standard InChI is InChI=1S/C16H23N3O4S/c1-12-16(13(2)19(3)17-12)18-24(20,21)11-5-10-23-15-8-6-14(22-4)7-9-15/h6-9,18H,5,10-11H2,1-4H3. The number of aryl methyl sites for hydroxylation is 2. The van der Waals surface area contributed by atoms with Crippen LogP contribution in [0, 0.1) is 13.8 Å². The van der Waals surface area contributed by atoms with E-state index in [0.29, 0.717) is 30.2 Å². The molecule has 2 rings (SSSR count). The van der Waals surface area contributed by atoms with Crippen LogP contribution in [0.2, 0.25) is 0 Å². The van der Waals surface area contributed by atoms with Crippen LogP contribution in [0.3, 0.4) is 0 Å². The summed E-state index contributed by atoms with van der Waals surface area (Å²) in [5.41, 5.74) is 1.99. The van der Waals surface area contributed by atoms with E-state index in [1.807, 2.05) is 6.92 Å². The average Bonchev–Trinajstić information content (AvgIpc) is 2.78. The lowest BCUT2D eigenvalue weighted by atomic mass is 10.3. The van der Waals surface area contributed by atoms with Crippen molar-refractivity contribution in [3.63, 3.8) is 0 Å². The Hall–Kier alpha value is -2.22. The Morgan fingerprint density at radius 1 is 1.17 bits per heavy atom. The first-order valence-electron chi connectivity index (χ1n) is 7.60. The minimum absolute atomic E-state index is 0.0169. The summed E-state index contributed by atoms with van der Waals surface area (Å²) in [4.78, 5) is 0. The zero-order chi connectivity index (χ0) is 17.7. The smallest absolute Gasteiger partial charge is 0.232 e. The van der Waals surface area contributed by atoms with Crippen molar-refractivity contribution in [2.45, 2.75) is 20.3 Å². The molecule has 132 valence electrons. The van der Waals surface area contributed by atoms with E-state index in [4.69, 9.17) is 9.47 Å². The van der Waals surface area contributed by atoms with Gasteiger partial charge in [0.05, 0.1) is 36.5 Å². The van der Waals surface area contributed by atoms with Crippen molar-refractivity contribution in [3.8, 4) is 11.5 Å². The molecule has 8 heteroatoms. The molecule has 1 aromatic heterocycles. The predicted molar refractivity (Wildman–Crippen MR) is 93.2 cm³/mol. The summed E-state index contributed by atoms with van der Waals surface area (Å²) < 4.78 is 39.2. The molecule has 0 aliphatic heterocycles. The van der Waals surface area contributed by atoms with Crippen LogP contribution in [-0.4, -0.2) is 37.7 Å². The van der Waals surface area contributed by atoms with Crippen LogP contribution in [-0.2, 0) is 17.1 Å². The number of anilines is 1. The Bertz CT molecular complexity index is 782. The van der Waals surface area contributed by atoms with Gasteiger partial charge in [-0.05, 0) is 44.5 Å². The predicted octanol–water partition coefficient (Wildman–Crippen LogP) is 2.26. The van der Waals surface area contributed by atoms with Crippen molar-refractivity contribution in [1.82, 2.24) is 9.78 Å². The number of methoxy groups -OCH3 is 1. The molecule has 0 spiro atoms. The largest absolute Gasteiger partial charge is 0.497 e. The highest BCUT2D eigenvalue weighted by Crippen LogP contribution is 2.20. The molecule has 0 atom stereocenters. The van der Waals surface area contributed by atoms with Gasteiger partial charge in [0.2, 0.25) is 10.0 Å². The molecule has 1 N–H and O–H groups in total. The molecule has 2 aromatic rings. The lowest BCUT2D eigenvalue weighted by Gasteiger charge is -2.10. The highest BCUT2D eigenvalue weighted by Gasteiger charge is 2.16. The lowest BCUT2D eigenvalue weighted by molar-refractivity contribution is 0.317. The van der Waals surface area contributed by atoms with Gasteiger partial charge in [0.25, 0.3) is 0 Å². The molecule has 0 amide bonds. The number of nitrogens with zero attached hydrogens (tertiary/aromatic N) is 2. The number of sulfonamides is 1. The second kappa shape index (κ2) is 7.57. The fourth-order valence-corrected chi connectivity index (χ4v) is 3.45. The summed E-state index contributed by atoms with van der Waals surface area (Å²) in [6.45, 7) is 3.92. The molecule has 0 bridgehead atoms. The number of nitrogens with one attached hydrogen (secondary N) is 1. The van der Waals surface area contributed by atoms with Crippen molar-refractivity contribution >= 4 is 15.7 Å².